The van der Waals surface area contributed by atoms with Gasteiger partial charge in [-0.05, 0) is 19.8 Å². The lowest BCUT2D eigenvalue weighted by Gasteiger charge is -2.12. The molecule has 14 heavy (non-hydrogen) atoms. The van der Waals surface area contributed by atoms with Crippen LogP contribution < -0.4 is 5.32 Å². The molecule has 1 atom stereocenters. The van der Waals surface area contributed by atoms with E-state index < -0.39 is 0 Å². The second-order valence-electron chi connectivity index (χ2n) is 3.53. The average molecular weight is 201 g/mol. The number of amides is 1. The van der Waals surface area contributed by atoms with Gasteiger partial charge in [0, 0.05) is 19.6 Å². The summed E-state index contributed by atoms with van der Waals surface area (Å²) in [6.07, 6.45) is 3.99. The van der Waals surface area contributed by atoms with Crippen LogP contribution in [0, 0.1) is 0 Å². The molecular weight excluding hydrogens is 178 g/mol. The molecule has 0 aromatic heterocycles. The predicted molar refractivity (Wildman–Crippen MR) is 58.2 cm³/mol. The van der Waals surface area contributed by atoms with Crippen LogP contribution in [0.5, 0.6) is 0 Å². The summed E-state index contributed by atoms with van der Waals surface area (Å²) < 4.78 is 5.55. The third-order valence-electron chi connectivity index (χ3n) is 2.09. The van der Waals surface area contributed by atoms with Crippen molar-refractivity contribution in [2.24, 2.45) is 0 Å². The highest BCUT2D eigenvalue weighted by Crippen LogP contribution is 1.98. The van der Waals surface area contributed by atoms with Crippen LogP contribution >= 0.6 is 0 Å². The Bertz CT molecular complexity index is 148. The molecule has 0 saturated heterocycles. The van der Waals surface area contributed by atoms with Crippen LogP contribution in [-0.4, -0.2) is 25.2 Å². The van der Waals surface area contributed by atoms with Crippen molar-refractivity contribution in [1.29, 1.82) is 0 Å². The largest absolute Gasteiger partial charge is 0.378 e. The first-order valence-corrected chi connectivity index (χ1v) is 5.59. The molecule has 0 aromatic rings. The highest BCUT2D eigenvalue weighted by molar-refractivity contribution is 5.75. The molecule has 0 spiro atoms. The minimum absolute atomic E-state index is 0.116. The second-order valence-corrected chi connectivity index (χ2v) is 3.53. The van der Waals surface area contributed by atoms with Gasteiger partial charge >= 0.3 is 0 Å². The highest BCUT2D eigenvalue weighted by Gasteiger charge is 2.02. The van der Waals surface area contributed by atoms with Gasteiger partial charge in [-0.25, -0.2) is 0 Å². The Kier molecular flexibility index (Phi) is 8.64. The first kappa shape index (κ1) is 13.4. The van der Waals surface area contributed by atoms with E-state index in [1.165, 1.54) is 6.42 Å². The summed E-state index contributed by atoms with van der Waals surface area (Å²) >= 11 is 0. The molecule has 3 heteroatoms. The number of unbranched alkanes of at least 4 members (excludes halogenated alkanes) is 1. The summed E-state index contributed by atoms with van der Waals surface area (Å²) in [5.41, 5.74) is 0. The molecule has 1 amide bonds. The first-order valence-electron chi connectivity index (χ1n) is 5.59. The summed E-state index contributed by atoms with van der Waals surface area (Å²) in [4.78, 5) is 10.9. The van der Waals surface area contributed by atoms with Crippen molar-refractivity contribution >= 4 is 5.91 Å². The van der Waals surface area contributed by atoms with Crippen LogP contribution in [-0.2, 0) is 9.53 Å². The fraction of sp³-hybridized carbons (Fsp3) is 0.909. The lowest BCUT2D eigenvalue weighted by atomic mass is 10.2. The van der Waals surface area contributed by atoms with E-state index in [1.54, 1.807) is 0 Å². The van der Waals surface area contributed by atoms with Gasteiger partial charge in [0.25, 0.3) is 0 Å². The molecule has 0 radical (unpaired) electrons. The van der Waals surface area contributed by atoms with Crippen molar-refractivity contribution in [2.45, 2.75) is 52.6 Å². The topological polar surface area (TPSA) is 38.3 Å². The van der Waals surface area contributed by atoms with Crippen molar-refractivity contribution in [3.63, 3.8) is 0 Å². The first-order chi connectivity index (χ1) is 6.70. The van der Waals surface area contributed by atoms with Gasteiger partial charge in [-0.1, -0.05) is 20.3 Å². The molecule has 0 aliphatic rings. The molecule has 84 valence electrons. The summed E-state index contributed by atoms with van der Waals surface area (Å²) in [6, 6.07) is 0. The van der Waals surface area contributed by atoms with Gasteiger partial charge in [-0.2, -0.15) is 0 Å². The van der Waals surface area contributed by atoms with Gasteiger partial charge in [0.15, 0.2) is 0 Å². The summed E-state index contributed by atoms with van der Waals surface area (Å²) in [5, 5.41) is 2.83. The van der Waals surface area contributed by atoms with E-state index in [1.807, 2.05) is 13.8 Å². The maximum absolute atomic E-state index is 10.9. The molecule has 0 aromatic carbocycles. The number of carbonyl (C=O) groups is 1. The van der Waals surface area contributed by atoms with E-state index in [-0.39, 0.29) is 12.0 Å². The molecule has 0 aliphatic carbocycles. The maximum Gasteiger partial charge on any atom is 0.219 e. The van der Waals surface area contributed by atoms with Crippen molar-refractivity contribution in [3.8, 4) is 0 Å². The van der Waals surface area contributed by atoms with E-state index in [0.29, 0.717) is 6.42 Å². The number of carbonyl (C=O) groups excluding carboxylic acids is 1. The summed E-state index contributed by atoms with van der Waals surface area (Å²) in [5.74, 6) is 0.116. The molecule has 0 aliphatic heterocycles. The number of rotatable bonds is 8. The van der Waals surface area contributed by atoms with Crippen LogP contribution in [0.4, 0.5) is 0 Å². The summed E-state index contributed by atoms with van der Waals surface area (Å²) in [7, 11) is 0. The van der Waals surface area contributed by atoms with Crippen LogP contribution in [0.1, 0.15) is 46.5 Å². The molecule has 0 heterocycles. The second kappa shape index (κ2) is 9.00. The fourth-order valence-electron chi connectivity index (χ4n) is 1.05. The Morgan fingerprint density at radius 1 is 1.43 bits per heavy atom. The quantitative estimate of drug-likeness (QED) is 0.611. The molecule has 0 bridgehead atoms. The van der Waals surface area contributed by atoms with Crippen LogP contribution in [0.15, 0.2) is 0 Å². The van der Waals surface area contributed by atoms with Crippen LogP contribution in [0.2, 0.25) is 0 Å². The smallest absolute Gasteiger partial charge is 0.219 e. The Balaban J connectivity index is 3.26. The molecular formula is C11H23NO2. The molecule has 0 saturated carbocycles. The predicted octanol–water partition coefficient (Wildman–Crippen LogP) is 2.11. The van der Waals surface area contributed by atoms with Gasteiger partial charge in [0.05, 0.1) is 6.10 Å². The number of hydrogen-bond donors (Lipinski definition) is 1. The highest BCUT2D eigenvalue weighted by atomic mass is 16.5. The minimum Gasteiger partial charge on any atom is -0.378 e. The van der Waals surface area contributed by atoms with Gasteiger partial charge in [0.1, 0.15) is 0 Å². The average Bonchev–Trinajstić information content (AvgIpc) is 2.18. The zero-order valence-electron chi connectivity index (χ0n) is 9.64. The lowest BCUT2D eigenvalue weighted by molar-refractivity contribution is -0.120. The molecule has 0 rings (SSSR count). The Hall–Kier alpha value is -0.570. The SMILES string of the molecule is CCCCOC(C)CCNC(=O)CC. The van der Waals surface area contributed by atoms with Gasteiger partial charge in [-0.15, -0.1) is 0 Å². The molecule has 1 unspecified atom stereocenters. The number of hydrogen-bond acceptors (Lipinski definition) is 2. The maximum atomic E-state index is 10.9. The van der Waals surface area contributed by atoms with E-state index in [9.17, 15) is 4.79 Å². The van der Waals surface area contributed by atoms with Crippen molar-refractivity contribution in [2.75, 3.05) is 13.2 Å². The standard InChI is InChI=1S/C11H23NO2/c1-4-6-9-14-10(3)7-8-12-11(13)5-2/h10H,4-9H2,1-3H3,(H,12,13). The molecule has 3 nitrogen and oxygen atoms in total. The van der Waals surface area contributed by atoms with Crippen molar-refractivity contribution in [1.82, 2.24) is 5.32 Å². The third-order valence-corrected chi connectivity index (χ3v) is 2.09. The van der Waals surface area contributed by atoms with Crippen LogP contribution in [0.25, 0.3) is 0 Å². The third kappa shape index (κ3) is 8.05. The minimum atomic E-state index is 0.116. The van der Waals surface area contributed by atoms with Crippen LogP contribution in [0.3, 0.4) is 0 Å². The van der Waals surface area contributed by atoms with E-state index >= 15 is 0 Å². The zero-order valence-corrected chi connectivity index (χ0v) is 9.64. The van der Waals surface area contributed by atoms with Gasteiger partial charge < -0.3 is 10.1 Å². The Labute approximate surface area is 87.2 Å². The normalized spacial score (nSPS) is 12.5. The zero-order chi connectivity index (χ0) is 10.8. The Morgan fingerprint density at radius 2 is 2.14 bits per heavy atom. The lowest BCUT2D eigenvalue weighted by Crippen LogP contribution is -2.26. The molecule has 1 N–H and O–H groups in total. The van der Waals surface area contributed by atoms with E-state index in [2.05, 4.69) is 12.2 Å². The Morgan fingerprint density at radius 3 is 2.71 bits per heavy atom. The van der Waals surface area contributed by atoms with Crippen molar-refractivity contribution in [3.05, 3.63) is 0 Å². The van der Waals surface area contributed by atoms with Crippen molar-refractivity contribution < 1.29 is 9.53 Å². The monoisotopic (exact) mass is 201 g/mol. The van der Waals surface area contributed by atoms with Gasteiger partial charge in [-0.3, -0.25) is 4.79 Å². The summed E-state index contributed by atoms with van der Waals surface area (Å²) in [6.45, 7) is 7.61. The fourth-order valence-corrected chi connectivity index (χ4v) is 1.05. The van der Waals surface area contributed by atoms with E-state index in [0.717, 1.165) is 26.0 Å². The van der Waals surface area contributed by atoms with E-state index in [4.69, 9.17) is 4.74 Å². The molecule has 0 fully saturated rings. The number of ether oxygens (including phenoxy) is 1. The number of nitrogens with one attached hydrogen (secondary N) is 1. The van der Waals surface area contributed by atoms with Gasteiger partial charge in [0.2, 0.25) is 5.91 Å².